The van der Waals surface area contributed by atoms with Gasteiger partial charge in [0.25, 0.3) is 0 Å². The number of nitrogens with one attached hydrogen (secondary N) is 2. The summed E-state index contributed by atoms with van der Waals surface area (Å²) < 4.78 is 0. The van der Waals surface area contributed by atoms with Gasteiger partial charge in [-0.2, -0.15) is 0 Å². The number of hydrogen-bond donors (Lipinski definition) is 3. The van der Waals surface area contributed by atoms with Crippen molar-refractivity contribution in [3.05, 3.63) is 24.3 Å². The standard InChI is InChI=1S/C14H21N3O2S/c1-3-10(2)16-8-14(19)17-11-6-4-5-7-12(11)20-9-13(15)18/h4-7,10,16H,3,8-9H2,1-2H3,(H2,15,18)(H,17,19). The van der Waals surface area contributed by atoms with E-state index in [4.69, 9.17) is 5.73 Å². The van der Waals surface area contributed by atoms with Crippen molar-refractivity contribution in [3.63, 3.8) is 0 Å². The molecule has 20 heavy (non-hydrogen) atoms. The second-order valence-corrected chi connectivity index (χ2v) is 5.51. The minimum absolute atomic E-state index is 0.0996. The van der Waals surface area contributed by atoms with Gasteiger partial charge in [-0.25, -0.2) is 0 Å². The molecule has 0 saturated carbocycles. The summed E-state index contributed by atoms with van der Waals surface area (Å²) in [7, 11) is 0. The molecule has 0 aliphatic carbocycles. The SMILES string of the molecule is CCC(C)NCC(=O)Nc1ccccc1SCC(N)=O. The first-order valence-electron chi connectivity index (χ1n) is 6.56. The van der Waals surface area contributed by atoms with Crippen LogP contribution in [0.3, 0.4) is 0 Å². The minimum atomic E-state index is -0.380. The van der Waals surface area contributed by atoms with Crippen LogP contribution in [0.25, 0.3) is 0 Å². The van der Waals surface area contributed by atoms with Crippen molar-refractivity contribution in [2.45, 2.75) is 31.2 Å². The lowest BCUT2D eigenvalue weighted by Crippen LogP contribution is -2.34. The number of para-hydroxylation sites is 1. The van der Waals surface area contributed by atoms with E-state index >= 15 is 0 Å². The van der Waals surface area contributed by atoms with Crippen LogP contribution in [0.1, 0.15) is 20.3 Å². The van der Waals surface area contributed by atoms with Crippen LogP contribution in [-0.2, 0) is 9.59 Å². The number of primary amides is 1. The first-order valence-corrected chi connectivity index (χ1v) is 7.54. The Labute approximate surface area is 123 Å². The minimum Gasteiger partial charge on any atom is -0.369 e. The van der Waals surface area contributed by atoms with Gasteiger partial charge in [-0.05, 0) is 25.5 Å². The fraction of sp³-hybridized carbons (Fsp3) is 0.429. The Morgan fingerprint density at radius 1 is 1.35 bits per heavy atom. The summed E-state index contributed by atoms with van der Waals surface area (Å²) >= 11 is 1.32. The Hall–Kier alpha value is -1.53. The molecule has 1 unspecified atom stereocenters. The van der Waals surface area contributed by atoms with Crippen molar-refractivity contribution in [3.8, 4) is 0 Å². The van der Waals surface area contributed by atoms with Crippen LogP contribution in [0.5, 0.6) is 0 Å². The fourth-order valence-corrected chi connectivity index (χ4v) is 2.20. The molecule has 0 aliphatic heterocycles. The lowest BCUT2D eigenvalue weighted by molar-refractivity contribution is -0.116. The molecule has 0 fully saturated rings. The van der Waals surface area contributed by atoms with E-state index in [9.17, 15) is 9.59 Å². The predicted molar refractivity (Wildman–Crippen MR) is 82.7 cm³/mol. The summed E-state index contributed by atoms with van der Waals surface area (Å²) in [6.45, 7) is 4.36. The van der Waals surface area contributed by atoms with Gasteiger partial charge in [0.2, 0.25) is 11.8 Å². The highest BCUT2D eigenvalue weighted by Crippen LogP contribution is 2.26. The molecule has 1 aromatic carbocycles. The van der Waals surface area contributed by atoms with Crippen LogP contribution < -0.4 is 16.4 Å². The maximum absolute atomic E-state index is 11.8. The zero-order chi connectivity index (χ0) is 15.0. The quantitative estimate of drug-likeness (QED) is 0.636. The maximum Gasteiger partial charge on any atom is 0.238 e. The monoisotopic (exact) mass is 295 g/mol. The van der Waals surface area contributed by atoms with Crippen LogP contribution in [0.2, 0.25) is 0 Å². The van der Waals surface area contributed by atoms with E-state index < -0.39 is 0 Å². The summed E-state index contributed by atoms with van der Waals surface area (Å²) in [6.07, 6.45) is 0.971. The molecule has 0 heterocycles. The van der Waals surface area contributed by atoms with Gasteiger partial charge in [-0.3, -0.25) is 9.59 Å². The maximum atomic E-state index is 11.8. The van der Waals surface area contributed by atoms with E-state index in [2.05, 4.69) is 17.6 Å². The number of nitrogens with two attached hydrogens (primary N) is 1. The molecule has 0 aromatic heterocycles. The average molecular weight is 295 g/mol. The van der Waals surface area contributed by atoms with Crippen molar-refractivity contribution in [1.82, 2.24) is 5.32 Å². The van der Waals surface area contributed by atoms with Gasteiger partial charge in [-0.15, -0.1) is 11.8 Å². The third-order valence-electron chi connectivity index (χ3n) is 2.75. The smallest absolute Gasteiger partial charge is 0.238 e. The van der Waals surface area contributed by atoms with Crippen molar-refractivity contribution < 1.29 is 9.59 Å². The highest BCUT2D eigenvalue weighted by molar-refractivity contribution is 8.00. The van der Waals surface area contributed by atoms with Crippen LogP contribution in [0, 0.1) is 0 Å². The van der Waals surface area contributed by atoms with Gasteiger partial charge < -0.3 is 16.4 Å². The first-order chi connectivity index (χ1) is 9.52. The molecule has 110 valence electrons. The molecule has 1 rings (SSSR count). The van der Waals surface area contributed by atoms with Gasteiger partial charge in [0, 0.05) is 10.9 Å². The van der Waals surface area contributed by atoms with E-state index in [1.165, 1.54) is 11.8 Å². The molecule has 2 amide bonds. The highest BCUT2D eigenvalue weighted by atomic mass is 32.2. The molecule has 0 radical (unpaired) electrons. The van der Waals surface area contributed by atoms with Crippen LogP contribution in [0.15, 0.2) is 29.2 Å². The largest absolute Gasteiger partial charge is 0.369 e. The van der Waals surface area contributed by atoms with Crippen molar-refractivity contribution in [1.29, 1.82) is 0 Å². The Kier molecular flexibility index (Phi) is 7.11. The molecule has 0 saturated heterocycles. The molecule has 5 nitrogen and oxygen atoms in total. The molecule has 0 aliphatic rings. The van der Waals surface area contributed by atoms with E-state index in [-0.39, 0.29) is 24.1 Å². The van der Waals surface area contributed by atoms with Crippen molar-refractivity contribution >= 4 is 29.3 Å². The third kappa shape index (κ3) is 6.08. The topological polar surface area (TPSA) is 84.2 Å². The fourth-order valence-electron chi connectivity index (χ4n) is 1.45. The summed E-state index contributed by atoms with van der Waals surface area (Å²) in [5, 5.41) is 5.97. The number of thioether (sulfide) groups is 1. The molecule has 1 aromatic rings. The number of anilines is 1. The van der Waals surface area contributed by atoms with Crippen LogP contribution in [-0.4, -0.2) is 30.2 Å². The summed E-state index contributed by atoms with van der Waals surface area (Å²) in [6, 6.07) is 7.67. The Balaban J connectivity index is 2.57. The molecular weight excluding hydrogens is 274 g/mol. The van der Waals surface area contributed by atoms with E-state index in [1.807, 2.05) is 31.2 Å². The van der Waals surface area contributed by atoms with E-state index in [0.717, 1.165) is 11.3 Å². The second kappa shape index (κ2) is 8.60. The highest BCUT2D eigenvalue weighted by Gasteiger charge is 2.08. The molecule has 6 heteroatoms. The van der Waals surface area contributed by atoms with Crippen LogP contribution >= 0.6 is 11.8 Å². The number of rotatable bonds is 8. The van der Waals surface area contributed by atoms with Gasteiger partial charge in [-0.1, -0.05) is 19.1 Å². The van der Waals surface area contributed by atoms with Crippen LogP contribution in [0.4, 0.5) is 5.69 Å². The number of benzene rings is 1. The average Bonchev–Trinajstić information content (AvgIpc) is 2.43. The van der Waals surface area contributed by atoms with E-state index in [1.54, 1.807) is 0 Å². The Morgan fingerprint density at radius 2 is 2.05 bits per heavy atom. The van der Waals surface area contributed by atoms with E-state index in [0.29, 0.717) is 11.7 Å². The summed E-state index contributed by atoms with van der Waals surface area (Å²) in [5.41, 5.74) is 5.83. The number of hydrogen-bond acceptors (Lipinski definition) is 4. The van der Waals surface area contributed by atoms with Gasteiger partial charge in [0.15, 0.2) is 0 Å². The lowest BCUT2D eigenvalue weighted by Gasteiger charge is -2.13. The predicted octanol–water partition coefficient (Wildman–Crippen LogP) is 1.59. The summed E-state index contributed by atoms with van der Waals surface area (Å²) in [4.78, 5) is 23.5. The first kappa shape index (κ1) is 16.5. The number of amides is 2. The third-order valence-corrected chi connectivity index (χ3v) is 3.85. The zero-order valence-corrected chi connectivity index (χ0v) is 12.6. The Bertz CT molecular complexity index is 465. The van der Waals surface area contributed by atoms with Gasteiger partial charge in [0.1, 0.15) is 0 Å². The second-order valence-electron chi connectivity index (χ2n) is 4.49. The molecule has 1 atom stereocenters. The number of carbonyl (C=O) groups is 2. The number of carbonyl (C=O) groups excluding carboxylic acids is 2. The normalized spacial score (nSPS) is 11.9. The van der Waals surface area contributed by atoms with Gasteiger partial charge >= 0.3 is 0 Å². The summed E-state index contributed by atoms with van der Waals surface area (Å²) in [5.74, 6) is -0.287. The molecule has 4 N–H and O–H groups in total. The van der Waals surface area contributed by atoms with Crippen molar-refractivity contribution in [2.75, 3.05) is 17.6 Å². The molecule has 0 spiro atoms. The lowest BCUT2D eigenvalue weighted by atomic mass is 10.2. The molecule has 0 bridgehead atoms. The van der Waals surface area contributed by atoms with Crippen molar-refractivity contribution in [2.24, 2.45) is 5.73 Å². The van der Waals surface area contributed by atoms with Gasteiger partial charge in [0.05, 0.1) is 18.0 Å². The Morgan fingerprint density at radius 3 is 2.70 bits per heavy atom. The molecular formula is C14H21N3O2S. The zero-order valence-electron chi connectivity index (χ0n) is 11.8.